The second-order valence-corrected chi connectivity index (χ2v) is 3.94. The van der Waals surface area contributed by atoms with Gasteiger partial charge in [0.25, 0.3) is 0 Å². The molecule has 3 N–H and O–H groups in total. The molecule has 1 rings (SSSR count). The summed E-state index contributed by atoms with van der Waals surface area (Å²) in [7, 11) is 0. The first-order valence-electron chi connectivity index (χ1n) is 3.94. The van der Waals surface area contributed by atoms with E-state index in [0.29, 0.717) is 12.8 Å². The molecule has 11 heavy (non-hydrogen) atoms. The Bertz CT molecular complexity index is 183. The Labute approximate surface area is 66.6 Å². The van der Waals surface area contributed by atoms with E-state index >= 15 is 0 Å². The average molecular weight is 157 g/mol. The molecule has 0 aliphatic heterocycles. The zero-order chi connectivity index (χ0) is 8.70. The fourth-order valence-corrected chi connectivity index (χ4v) is 1.90. The molecule has 0 unspecified atom stereocenters. The third-order valence-electron chi connectivity index (χ3n) is 2.70. The quantitative estimate of drug-likeness (QED) is 0.628. The van der Waals surface area contributed by atoms with Crippen LogP contribution in [0.4, 0.5) is 0 Å². The lowest BCUT2D eigenvalue weighted by molar-refractivity contribution is -0.157. The molecular formula is C8H15NO2. The summed E-state index contributed by atoms with van der Waals surface area (Å²) in [4.78, 5) is 10.7. The number of rotatable bonds is 2. The van der Waals surface area contributed by atoms with Gasteiger partial charge in [0.05, 0.1) is 5.41 Å². The van der Waals surface area contributed by atoms with Crippen molar-refractivity contribution in [2.75, 3.05) is 0 Å². The predicted molar refractivity (Wildman–Crippen MR) is 42.2 cm³/mol. The summed E-state index contributed by atoms with van der Waals surface area (Å²) in [5.74, 6) is -0.716. The fraction of sp³-hybridized carbons (Fsp3) is 0.875. The van der Waals surface area contributed by atoms with Crippen LogP contribution in [-0.4, -0.2) is 16.6 Å². The van der Waals surface area contributed by atoms with Crippen molar-refractivity contribution in [1.29, 1.82) is 0 Å². The molecule has 3 heteroatoms. The van der Waals surface area contributed by atoms with Crippen molar-refractivity contribution in [2.45, 2.75) is 38.6 Å². The lowest BCUT2D eigenvalue weighted by atomic mass is 9.58. The van der Waals surface area contributed by atoms with E-state index in [1.807, 2.05) is 6.92 Å². The van der Waals surface area contributed by atoms with Gasteiger partial charge >= 0.3 is 5.97 Å². The van der Waals surface area contributed by atoms with E-state index < -0.39 is 11.4 Å². The molecule has 0 aromatic heterocycles. The molecule has 1 aliphatic carbocycles. The Kier molecular flexibility index (Phi) is 1.71. The van der Waals surface area contributed by atoms with E-state index in [2.05, 4.69) is 0 Å². The lowest BCUT2D eigenvalue weighted by Crippen LogP contribution is -2.59. The van der Waals surface area contributed by atoms with Crippen LogP contribution in [0.25, 0.3) is 0 Å². The van der Waals surface area contributed by atoms with Crippen LogP contribution in [0.15, 0.2) is 0 Å². The highest BCUT2D eigenvalue weighted by molar-refractivity contribution is 5.76. The van der Waals surface area contributed by atoms with E-state index in [4.69, 9.17) is 10.8 Å². The summed E-state index contributed by atoms with van der Waals surface area (Å²) in [5.41, 5.74) is 5.10. The van der Waals surface area contributed by atoms with Crippen LogP contribution >= 0.6 is 0 Å². The first kappa shape index (κ1) is 8.53. The summed E-state index contributed by atoms with van der Waals surface area (Å²) >= 11 is 0. The van der Waals surface area contributed by atoms with E-state index in [1.165, 1.54) is 0 Å². The molecule has 1 saturated carbocycles. The molecule has 0 atom stereocenters. The van der Waals surface area contributed by atoms with Gasteiger partial charge in [-0.3, -0.25) is 4.79 Å². The van der Waals surface area contributed by atoms with Gasteiger partial charge in [0.15, 0.2) is 0 Å². The molecule has 1 aliphatic rings. The van der Waals surface area contributed by atoms with E-state index in [9.17, 15) is 4.79 Å². The number of carbonyl (C=O) groups is 1. The van der Waals surface area contributed by atoms with E-state index in [0.717, 1.165) is 6.42 Å². The normalized spacial score (nSPS) is 43.2. The number of hydrogen-bond acceptors (Lipinski definition) is 2. The molecule has 0 aromatic rings. The largest absolute Gasteiger partial charge is 0.481 e. The topological polar surface area (TPSA) is 63.3 Å². The minimum absolute atomic E-state index is 0.201. The zero-order valence-electron chi connectivity index (χ0n) is 7.05. The maximum atomic E-state index is 10.7. The second kappa shape index (κ2) is 2.21. The highest BCUT2D eigenvalue weighted by Gasteiger charge is 2.53. The summed E-state index contributed by atoms with van der Waals surface area (Å²) in [5, 5.41) is 8.76. The highest BCUT2D eigenvalue weighted by Crippen LogP contribution is 2.48. The summed E-state index contributed by atoms with van der Waals surface area (Å²) in [6.07, 6.45) is 2.10. The van der Waals surface area contributed by atoms with Gasteiger partial charge in [-0.1, -0.05) is 6.92 Å². The van der Waals surface area contributed by atoms with Crippen LogP contribution < -0.4 is 5.73 Å². The SMILES string of the molecule is CCC1(N)CC(C)(C(=O)O)C1. The van der Waals surface area contributed by atoms with Gasteiger partial charge in [0.2, 0.25) is 0 Å². The summed E-state index contributed by atoms with van der Waals surface area (Å²) < 4.78 is 0. The minimum Gasteiger partial charge on any atom is -0.481 e. The second-order valence-electron chi connectivity index (χ2n) is 3.94. The van der Waals surface area contributed by atoms with Gasteiger partial charge < -0.3 is 10.8 Å². The molecule has 0 radical (unpaired) electrons. The molecule has 0 heterocycles. The third kappa shape index (κ3) is 1.25. The number of carboxylic acid groups (broad SMARTS) is 1. The number of nitrogens with two attached hydrogens (primary N) is 1. The van der Waals surface area contributed by atoms with Gasteiger partial charge in [-0.15, -0.1) is 0 Å². The Morgan fingerprint density at radius 2 is 2.09 bits per heavy atom. The molecule has 1 fully saturated rings. The molecule has 0 aromatic carbocycles. The first-order valence-corrected chi connectivity index (χ1v) is 3.94. The van der Waals surface area contributed by atoms with E-state index in [-0.39, 0.29) is 5.54 Å². The fourth-order valence-electron chi connectivity index (χ4n) is 1.90. The molecule has 64 valence electrons. The summed E-state index contributed by atoms with van der Waals surface area (Å²) in [6.45, 7) is 3.76. The number of carboxylic acids is 1. The Morgan fingerprint density at radius 1 is 1.64 bits per heavy atom. The van der Waals surface area contributed by atoms with Gasteiger partial charge in [-0.05, 0) is 26.2 Å². The smallest absolute Gasteiger partial charge is 0.309 e. The molecular weight excluding hydrogens is 142 g/mol. The van der Waals surface area contributed by atoms with Gasteiger partial charge in [-0.2, -0.15) is 0 Å². The molecule has 0 bridgehead atoms. The Hall–Kier alpha value is -0.570. The third-order valence-corrected chi connectivity index (χ3v) is 2.70. The van der Waals surface area contributed by atoms with Crippen molar-refractivity contribution in [3.8, 4) is 0 Å². The molecule has 0 spiro atoms. The van der Waals surface area contributed by atoms with E-state index in [1.54, 1.807) is 6.92 Å². The zero-order valence-corrected chi connectivity index (χ0v) is 7.05. The molecule has 0 saturated heterocycles. The standard InChI is InChI=1S/C8H15NO2/c1-3-8(9)4-7(2,5-8)6(10)11/h3-5,9H2,1-2H3,(H,10,11). The number of aliphatic carboxylic acids is 1. The van der Waals surface area contributed by atoms with Crippen molar-refractivity contribution >= 4 is 5.97 Å². The van der Waals surface area contributed by atoms with Crippen LogP contribution in [0.2, 0.25) is 0 Å². The highest BCUT2D eigenvalue weighted by atomic mass is 16.4. The van der Waals surface area contributed by atoms with Crippen molar-refractivity contribution in [3.05, 3.63) is 0 Å². The van der Waals surface area contributed by atoms with Crippen LogP contribution in [0, 0.1) is 5.41 Å². The first-order chi connectivity index (χ1) is 4.92. The van der Waals surface area contributed by atoms with Gasteiger partial charge in [0, 0.05) is 5.54 Å². The van der Waals surface area contributed by atoms with Crippen molar-refractivity contribution in [2.24, 2.45) is 11.1 Å². The monoisotopic (exact) mass is 157 g/mol. The minimum atomic E-state index is -0.716. The average Bonchev–Trinajstić information content (AvgIpc) is 1.84. The van der Waals surface area contributed by atoms with Crippen LogP contribution in [0.5, 0.6) is 0 Å². The van der Waals surface area contributed by atoms with Gasteiger partial charge in [-0.25, -0.2) is 0 Å². The van der Waals surface area contributed by atoms with Crippen LogP contribution in [0.1, 0.15) is 33.1 Å². The Morgan fingerprint density at radius 3 is 2.36 bits per heavy atom. The van der Waals surface area contributed by atoms with Crippen molar-refractivity contribution in [3.63, 3.8) is 0 Å². The van der Waals surface area contributed by atoms with Crippen LogP contribution in [-0.2, 0) is 4.79 Å². The molecule has 0 amide bonds. The van der Waals surface area contributed by atoms with Gasteiger partial charge in [0.1, 0.15) is 0 Å². The Balaban J connectivity index is 2.56. The van der Waals surface area contributed by atoms with Crippen LogP contribution in [0.3, 0.4) is 0 Å². The number of hydrogen-bond donors (Lipinski definition) is 2. The molecule has 3 nitrogen and oxygen atoms in total. The maximum absolute atomic E-state index is 10.7. The maximum Gasteiger partial charge on any atom is 0.309 e. The predicted octanol–water partition coefficient (Wildman–Crippen LogP) is 0.979. The van der Waals surface area contributed by atoms with Crippen molar-refractivity contribution in [1.82, 2.24) is 0 Å². The summed E-state index contributed by atoms with van der Waals surface area (Å²) in [6, 6.07) is 0. The lowest BCUT2D eigenvalue weighted by Gasteiger charge is -2.49. The van der Waals surface area contributed by atoms with Crippen molar-refractivity contribution < 1.29 is 9.90 Å².